The maximum Gasteiger partial charge on any atom is 0.416 e. The first-order valence-corrected chi connectivity index (χ1v) is 11.3. The van der Waals surface area contributed by atoms with Crippen LogP contribution in [0.15, 0.2) is 42.6 Å². The van der Waals surface area contributed by atoms with Crippen molar-refractivity contribution < 1.29 is 42.0 Å². The number of anilines is 1. The van der Waals surface area contributed by atoms with Gasteiger partial charge in [-0.15, -0.1) is 5.10 Å². The second-order valence-corrected chi connectivity index (χ2v) is 8.60. The van der Waals surface area contributed by atoms with Crippen LogP contribution >= 0.6 is 0 Å². The molecular formula is C25H23F4N3O5. The maximum absolute atomic E-state index is 13.9. The van der Waals surface area contributed by atoms with Crippen LogP contribution in [0.3, 0.4) is 0 Å². The Balaban J connectivity index is 1.69. The van der Waals surface area contributed by atoms with Crippen molar-refractivity contribution in [3.63, 3.8) is 0 Å². The van der Waals surface area contributed by atoms with Gasteiger partial charge in [-0.2, -0.15) is 18.3 Å². The number of rotatable bonds is 9. The second-order valence-electron chi connectivity index (χ2n) is 8.60. The number of hydrogen-bond donors (Lipinski definition) is 3. The van der Waals surface area contributed by atoms with Crippen molar-refractivity contribution in [2.24, 2.45) is 0 Å². The number of nitrogens with one attached hydrogen (secondary N) is 1. The van der Waals surface area contributed by atoms with Gasteiger partial charge in [0.05, 0.1) is 29.6 Å². The Labute approximate surface area is 208 Å². The number of carbonyl (C=O) groups is 1. The molecule has 1 saturated carbocycles. The first-order chi connectivity index (χ1) is 17.5. The summed E-state index contributed by atoms with van der Waals surface area (Å²) < 4.78 is 66.3. The van der Waals surface area contributed by atoms with Gasteiger partial charge in [-0.05, 0) is 67.1 Å². The molecule has 0 saturated heterocycles. The number of benzene rings is 2. The highest BCUT2D eigenvalue weighted by atomic mass is 19.4. The Morgan fingerprint density at radius 3 is 2.59 bits per heavy atom. The van der Waals surface area contributed by atoms with Crippen molar-refractivity contribution in [3.05, 3.63) is 70.7 Å². The predicted molar refractivity (Wildman–Crippen MR) is 123 cm³/mol. The molecule has 0 spiro atoms. The zero-order chi connectivity index (χ0) is 26.7. The lowest BCUT2D eigenvalue weighted by molar-refractivity contribution is -0.138. The fraction of sp³-hybridized carbons (Fsp3) is 0.320. The van der Waals surface area contributed by atoms with E-state index in [2.05, 4.69) is 15.5 Å². The number of carbonyl (C=O) groups excluding carboxylic acids is 1. The highest BCUT2D eigenvalue weighted by Gasteiger charge is 2.40. The fourth-order valence-electron chi connectivity index (χ4n) is 3.60. The maximum atomic E-state index is 13.9. The van der Waals surface area contributed by atoms with Gasteiger partial charge >= 0.3 is 6.18 Å². The van der Waals surface area contributed by atoms with Gasteiger partial charge in [0.25, 0.3) is 5.91 Å². The highest BCUT2D eigenvalue weighted by molar-refractivity contribution is 6.06. The number of halogens is 4. The lowest BCUT2D eigenvalue weighted by Crippen LogP contribution is -2.22. The van der Waals surface area contributed by atoms with E-state index in [9.17, 15) is 27.5 Å². The van der Waals surface area contributed by atoms with Crippen LogP contribution in [0.2, 0.25) is 0 Å². The quantitative estimate of drug-likeness (QED) is 0.353. The van der Waals surface area contributed by atoms with Gasteiger partial charge in [-0.1, -0.05) is 0 Å². The molecule has 3 N–H and O–H groups in total. The van der Waals surface area contributed by atoms with Crippen molar-refractivity contribution in [1.29, 1.82) is 0 Å². The molecule has 0 bridgehead atoms. The zero-order valence-electron chi connectivity index (χ0n) is 19.6. The first-order valence-electron chi connectivity index (χ1n) is 11.3. The molecule has 1 atom stereocenters. The molecule has 196 valence electrons. The minimum absolute atomic E-state index is 0.0301. The lowest BCUT2D eigenvalue weighted by Gasteiger charge is -2.19. The molecule has 0 aliphatic heterocycles. The van der Waals surface area contributed by atoms with Gasteiger partial charge in [0.2, 0.25) is 5.88 Å². The van der Waals surface area contributed by atoms with Crippen LogP contribution in [-0.4, -0.2) is 45.6 Å². The molecule has 1 amide bonds. The number of ether oxygens (including phenoxy) is 2. The third-order valence-corrected chi connectivity index (χ3v) is 5.60. The molecule has 1 heterocycles. The normalized spacial score (nSPS) is 14.2. The van der Waals surface area contributed by atoms with Crippen LogP contribution < -0.4 is 14.8 Å². The Bertz CT molecular complexity index is 1300. The smallest absolute Gasteiger partial charge is 0.416 e. The van der Waals surface area contributed by atoms with Crippen molar-refractivity contribution in [2.75, 3.05) is 18.5 Å². The van der Waals surface area contributed by atoms with Crippen LogP contribution in [0.1, 0.15) is 45.8 Å². The fourth-order valence-corrected chi connectivity index (χ4v) is 3.60. The Kier molecular flexibility index (Phi) is 7.60. The van der Waals surface area contributed by atoms with E-state index < -0.39 is 41.7 Å². The molecule has 8 nitrogen and oxygen atoms in total. The average molecular weight is 521 g/mol. The van der Waals surface area contributed by atoms with E-state index in [1.807, 2.05) is 0 Å². The topological polar surface area (TPSA) is 114 Å². The van der Waals surface area contributed by atoms with Gasteiger partial charge in [-0.3, -0.25) is 4.79 Å². The van der Waals surface area contributed by atoms with E-state index in [-0.39, 0.29) is 41.2 Å². The standard InChI is InChI=1S/C25H23F4N3O5/c1-13-6-15(26)4-5-21(13)37-22-9-18(14-2-3-14)20(25(27,28)29)8-19(22)24(35)31-16-7-23(32-30-10-16)36-12-17(34)11-33/h4-10,14,17,33-34H,2-3,11-12H2,1H3,(H,31,32,35)/t17-/m1/s1. The number of hydrogen-bond acceptors (Lipinski definition) is 7. The number of aliphatic hydroxyl groups excluding tert-OH is 2. The molecule has 3 aromatic rings. The SMILES string of the molecule is Cc1cc(F)ccc1Oc1cc(C2CC2)c(C(F)(F)F)cc1C(=O)Nc1cnnc(OC[C@H](O)CO)c1. The summed E-state index contributed by atoms with van der Waals surface area (Å²) in [5.41, 5.74) is -0.849. The number of aromatic nitrogens is 2. The molecule has 4 rings (SSSR count). The van der Waals surface area contributed by atoms with E-state index in [4.69, 9.17) is 14.6 Å². The summed E-state index contributed by atoms with van der Waals surface area (Å²) >= 11 is 0. The third-order valence-electron chi connectivity index (χ3n) is 5.60. The zero-order valence-corrected chi connectivity index (χ0v) is 19.6. The van der Waals surface area contributed by atoms with Gasteiger partial charge in [0.1, 0.15) is 30.0 Å². The Morgan fingerprint density at radius 1 is 1.19 bits per heavy atom. The number of aryl methyl sites for hydroxylation is 1. The van der Waals surface area contributed by atoms with E-state index in [1.54, 1.807) is 6.92 Å². The minimum Gasteiger partial charge on any atom is -0.474 e. The largest absolute Gasteiger partial charge is 0.474 e. The summed E-state index contributed by atoms with van der Waals surface area (Å²) in [5, 5.41) is 28.1. The molecule has 0 unspecified atom stereocenters. The summed E-state index contributed by atoms with van der Waals surface area (Å²) in [6.07, 6.45) is -3.55. The van der Waals surface area contributed by atoms with Gasteiger partial charge in [-0.25, -0.2) is 4.39 Å². The highest BCUT2D eigenvalue weighted by Crippen LogP contribution is 2.48. The van der Waals surface area contributed by atoms with Crippen molar-refractivity contribution in [3.8, 4) is 17.4 Å². The van der Waals surface area contributed by atoms with Crippen LogP contribution in [-0.2, 0) is 6.18 Å². The molecule has 1 aliphatic rings. The van der Waals surface area contributed by atoms with Crippen LogP contribution in [0, 0.1) is 12.7 Å². The number of amides is 1. The van der Waals surface area contributed by atoms with Gasteiger partial charge in [0, 0.05) is 6.07 Å². The van der Waals surface area contributed by atoms with E-state index >= 15 is 0 Å². The molecular weight excluding hydrogens is 498 g/mol. The predicted octanol–water partition coefficient (Wildman–Crippen LogP) is 4.60. The second kappa shape index (κ2) is 10.7. The number of alkyl halides is 3. The van der Waals surface area contributed by atoms with E-state index in [0.717, 1.165) is 18.3 Å². The summed E-state index contributed by atoms with van der Waals surface area (Å²) in [6.45, 7) is 0.732. The Morgan fingerprint density at radius 2 is 1.95 bits per heavy atom. The van der Waals surface area contributed by atoms with Crippen LogP contribution in [0.25, 0.3) is 0 Å². The Hall–Kier alpha value is -3.77. The van der Waals surface area contributed by atoms with Crippen LogP contribution in [0.4, 0.5) is 23.2 Å². The molecule has 0 radical (unpaired) electrons. The summed E-state index contributed by atoms with van der Waals surface area (Å²) in [5.74, 6) is -1.76. The molecule has 1 fully saturated rings. The summed E-state index contributed by atoms with van der Waals surface area (Å²) in [7, 11) is 0. The minimum atomic E-state index is -4.70. The average Bonchev–Trinajstić information content (AvgIpc) is 3.69. The molecule has 1 aromatic heterocycles. The van der Waals surface area contributed by atoms with Crippen molar-refractivity contribution in [1.82, 2.24) is 10.2 Å². The van der Waals surface area contributed by atoms with Gasteiger partial charge in [0.15, 0.2) is 0 Å². The van der Waals surface area contributed by atoms with Crippen molar-refractivity contribution >= 4 is 11.6 Å². The third kappa shape index (κ3) is 6.52. The van der Waals surface area contributed by atoms with Crippen molar-refractivity contribution in [2.45, 2.75) is 38.0 Å². The van der Waals surface area contributed by atoms with Gasteiger partial charge < -0.3 is 25.0 Å². The molecule has 37 heavy (non-hydrogen) atoms. The van der Waals surface area contributed by atoms with Crippen LogP contribution in [0.5, 0.6) is 17.4 Å². The van der Waals surface area contributed by atoms with E-state index in [0.29, 0.717) is 18.4 Å². The molecule has 12 heteroatoms. The number of nitrogens with zero attached hydrogens (tertiary/aromatic N) is 2. The first kappa shape index (κ1) is 26.3. The molecule has 2 aromatic carbocycles. The molecule has 1 aliphatic carbocycles. The number of aliphatic hydroxyl groups is 2. The monoisotopic (exact) mass is 521 g/mol. The summed E-state index contributed by atoms with van der Waals surface area (Å²) in [4.78, 5) is 13.2. The van der Waals surface area contributed by atoms with E-state index in [1.165, 1.54) is 24.3 Å². The lowest BCUT2D eigenvalue weighted by atomic mass is 9.98. The summed E-state index contributed by atoms with van der Waals surface area (Å²) in [6, 6.07) is 6.90.